The Morgan fingerprint density at radius 2 is 1.83 bits per heavy atom. The molecule has 3 heteroatoms. The van der Waals surface area contributed by atoms with Gasteiger partial charge in [-0.25, -0.2) is 0 Å². The first-order valence-corrected chi connectivity index (χ1v) is 6.82. The number of hydrogen-bond acceptors (Lipinski definition) is 3. The quantitative estimate of drug-likeness (QED) is 0.716. The third-order valence-corrected chi connectivity index (χ3v) is 3.80. The van der Waals surface area contributed by atoms with Gasteiger partial charge in [0.2, 0.25) is 0 Å². The molecule has 100 valence electrons. The van der Waals surface area contributed by atoms with Crippen LogP contribution in [0.3, 0.4) is 0 Å². The smallest absolute Gasteiger partial charge is 0.0771 e. The van der Waals surface area contributed by atoms with Gasteiger partial charge in [-0.3, -0.25) is 0 Å². The second-order valence-corrected chi connectivity index (χ2v) is 5.38. The molecule has 0 aromatic heterocycles. The highest BCUT2D eigenvalue weighted by atomic mass is 16.3. The molecule has 1 aromatic carbocycles. The highest BCUT2D eigenvalue weighted by Gasteiger charge is 2.31. The van der Waals surface area contributed by atoms with E-state index in [4.69, 9.17) is 0 Å². The van der Waals surface area contributed by atoms with E-state index in [-0.39, 0.29) is 12.6 Å². The number of hydrogen-bond donors (Lipinski definition) is 3. The monoisotopic (exact) mass is 249 g/mol. The molecule has 0 spiro atoms. The SMILES string of the molecule is OCC(Cc1ccccc1)NCC1(O)CCCC1. The van der Waals surface area contributed by atoms with Crippen molar-refractivity contribution in [3.8, 4) is 0 Å². The lowest BCUT2D eigenvalue weighted by Crippen LogP contribution is -2.45. The number of benzene rings is 1. The fourth-order valence-electron chi connectivity index (χ4n) is 2.64. The summed E-state index contributed by atoms with van der Waals surface area (Å²) in [6.07, 6.45) is 4.78. The van der Waals surface area contributed by atoms with Crippen LogP contribution in [0.2, 0.25) is 0 Å². The van der Waals surface area contributed by atoms with Crippen molar-refractivity contribution < 1.29 is 10.2 Å². The normalized spacial score (nSPS) is 19.9. The Hall–Kier alpha value is -0.900. The molecule has 3 N–H and O–H groups in total. The van der Waals surface area contributed by atoms with E-state index in [1.807, 2.05) is 18.2 Å². The first kappa shape index (κ1) is 13.5. The summed E-state index contributed by atoms with van der Waals surface area (Å²) in [6.45, 7) is 0.691. The van der Waals surface area contributed by atoms with Gasteiger partial charge in [0.05, 0.1) is 12.2 Å². The van der Waals surface area contributed by atoms with Crippen LogP contribution in [0.5, 0.6) is 0 Å². The summed E-state index contributed by atoms with van der Waals surface area (Å²) in [5, 5.41) is 23.0. The highest BCUT2D eigenvalue weighted by Crippen LogP contribution is 2.28. The molecule has 18 heavy (non-hydrogen) atoms. The largest absolute Gasteiger partial charge is 0.395 e. The van der Waals surface area contributed by atoms with Crippen LogP contribution >= 0.6 is 0 Å². The Balaban J connectivity index is 1.82. The molecule has 2 rings (SSSR count). The van der Waals surface area contributed by atoms with Gasteiger partial charge in [0.1, 0.15) is 0 Å². The second-order valence-electron chi connectivity index (χ2n) is 5.38. The van der Waals surface area contributed by atoms with Gasteiger partial charge < -0.3 is 15.5 Å². The van der Waals surface area contributed by atoms with Gasteiger partial charge in [-0.1, -0.05) is 43.2 Å². The zero-order valence-electron chi connectivity index (χ0n) is 10.8. The van der Waals surface area contributed by atoms with Crippen LogP contribution in [0.1, 0.15) is 31.2 Å². The molecule has 1 aliphatic carbocycles. The maximum atomic E-state index is 10.3. The molecule has 1 aliphatic rings. The van der Waals surface area contributed by atoms with Gasteiger partial charge in [-0.2, -0.15) is 0 Å². The van der Waals surface area contributed by atoms with Crippen molar-refractivity contribution in [1.29, 1.82) is 0 Å². The van der Waals surface area contributed by atoms with Crippen molar-refractivity contribution in [1.82, 2.24) is 5.32 Å². The number of aliphatic hydroxyl groups is 2. The third kappa shape index (κ3) is 3.80. The summed E-state index contributed by atoms with van der Waals surface area (Å²) in [5.41, 5.74) is 0.659. The zero-order valence-corrected chi connectivity index (χ0v) is 10.8. The van der Waals surface area contributed by atoms with Gasteiger partial charge in [0, 0.05) is 12.6 Å². The Morgan fingerprint density at radius 1 is 1.17 bits per heavy atom. The topological polar surface area (TPSA) is 52.5 Å². The summed E-state index contributed by atoms with van der Waals surface area (Å²) >= 11 is 0. The van der Waals surface area contributed by atoms with Crippen LogP contribution in [0, 0.1) is 0 Å². The minimum absolute atomic E-state index is 0.0250. The third-order valence-electron chi connectivity index (χ3n) is 3.80. The average molecular weight is 249 g/mol. The molecular formula is C15H23NO2. The fraction of sp³-hybridized carbons (Fsp3) is 0.600. The first-order valence-electron chi connectivity index (χ1n) is 6.82. The lowest BCUT2D eigenvalue weighted by atomic mass is 10.0. The average Bonchev–Trinajstić information content (AvgIpc) is 2.83. The van der Waals surface area contributed by atoms with Crippen molar-refractivity contribution in [2.45, 2.75) is 43.7 Å². The Bertz CT molecular complexity index is 347. The lowest BCUT2D eigenvalue weighted by Gasteiger charge is -2.26. The van der Waals surface area contributed by atoms with Crippen LogP contribution < -0.4 is 5.32 Å². The lowest BCUT2D eigenvalue weighted by molar-refractivity contribution is 0.0423. The predicted octanol–water partition coefficient (Wildman–Crippen LogP) is 1.48. The molecule has 1 unspecified atom stereocenters. The van der Waals surface area contributed by atoms with Crippen molar-refractivity contribution >= 4 is 0 Å². The van der Waals surface area contributed by atoms with Gasteiger partial charge in [-0.05, 0) is 24.8 Å². The molecule has 0 saturated heterocycles. The highest BCUT2D eigenvalue weighted by molar-refractivity contribution is 5.15. The predicted molar refractivity (Wildman–Crippen MR) is 72.4 cm³/mol. The zero-order chi connectivity index (χ0) is 12.8. The molecule has 0 radical (unpaired) electrons. The molecule has 3 nitrogen and oxygen atoms in total. The minimum atomic E-state index is -0.551. The van der Waals surface area contributed by atoms with Crippen LogP contribution in [0.25, 0.3) is 0 Å². The Morgan fingerprint density at radius 3 is 2.44 bits per heavy atom. The van der Waals surface area contributed by atoms with E-state index in [1.54, 1.807) is 0 Å². The van der Waals surface area contributed by atoms with E-state index in [9.17, 15) is 10.2 Å². The van der Waals surface area contributed by atoms with E-state index >= 15 is 0 Å². The first-order chi connectivity index (χ1) is 8.72. The maximum absolute atomic E-state index is 10.3. The minimum Gasteiger partial charge on any atom is -0.395 e. The molecule has 0 heterocycles. The number of aliphatic hydroxyl groups excluding tert-OH is 1. The fourth-order valence-corrected chi connectivity index (χ4v) is 2.64. The van der Waals surface area contributed by atoms with Crippen LogP contribution in [-0.4, -0.2) is 35.0 Å². The van der Waals surface area contributed by atoms with Crippen molar-refractivity contribution in [3.63, 3.8) is 0 Å². The van der Waals surface area contributed by atoms with E-state index in [1.165, 1.54) is 5.56 Å². The van der Waals surface area contributed by atoms with Gasteiger partial charge in [0.15, 0.2) is 0 Å². The van der Waals surface area contributed by atoms with Crippen LogP contribution in [-0.2, 0) is 6.42 Å². The summed E-state index contributed by atoms with van der Waals surface area (Å²) in [5.74, 6) is 0. The van der Waals surface area contributed by atoms with E-state index in [0.29, 0.717) is 6.54 Å². The van der Waals surface area contributed by atoms with E-state index in [0.717, 1.165) is 32.1 Å². The number of nitrogens with one attached hydrogen (secondary N) is 1. The molecule has 0 amide bonds. The molecular weight excluding hydrogens is 226 g/mol. The van der Waals surface area contributed by atoms with Crippen LogP contribution in [0.15, 0.2) is 30.3 Å². The molecule has 1 fully saturated rings. The van der Waals surface area contributed by atoms with Gasteiger partial charge in [-0.15, -0.1) is 0 Å². The Labute approximate surface area is 109 Å². The molecule has 1 aromatic rings. The van der Waals surface area contributed by atoms with Crippen molar-refractivity contribution in [2.24, 2.45) is 0 Å². The maximum Gasteiger partial charge on any atom is 0.0771 e. The summed E-state index contributed by atoms with van der Waals surface area (Å²) < 4.78 is 0. The Kier molecular flexibility index (Phi) is 4.75. The molecule has 1 saturated carbocycles. The van der Waals surface area contributed by atoms with E-state index in [2.05, 4.69) is 17.4 Å². The second kappa shape index (κ2) is 6.32. The molecule has 0 aliphatic heterocycles. The van der Waals surface area contributed by atoms with Gasteiger partial charge >= 0.3 is 0 Å². The van der Waals surface area contributed by atoms with Crippen molar-refractivity contribution in [3.05, 3.63) is 35.9 Å². The van der Waals surface area contributed by atoms with E-state index < -0.39 is 5.60 Å². The summed E-state index contributed by atoms with van der Waals surface area (Å²) in [7, 11) is 0. The standard InChI is InChI=1S/C15H23NO2/c17-11-14(10-13-6-2-1-3-7-13)16-12-15(18)8-4-5-9-15/h1-3,6-7,14,16-18H,4-5,8-12H2. The molecule has 0 bridgehead atoms. The van der Waals surface area contributed by atoms with Crippen molar-refractivity contribution in [2.75, 3.05) is 13.2 Å². The molecule has 1 atom stereocenters. The summed E-state index contributed by atoms with van der Waals surface area (Å²) in [4.78, 5) is 0. The van der Waals surface area contributed by atoms with Gasteiger partial charge in [0.25, 0.3) is 0 Å². The summed E-state index contributed by atoms with van der Waals surface area (Å²) in [6, 6.07) is 10.2. The number of rotatable bonds is 6. The van der Waals surface area contributed by atoms with Crippen LogP contribution in [0.4, 0.5) is 0 Å².